The van der Waals surface area contributed by atoms with Gasteiger partial charge in [0.25, 0.3) is 5.56 Å². The van der Waals surface area contributed by atoms with E-state index in [4.69, 9.17) is 9.47 Å². The van der Waals surface area contributed by atoms with Gasteiger partial charge in [0, 0.05) is 18.7 Å². The van der Waals surface area contributed by atoms with Crippen LogP contribution in [0.5, 0.6) is 11.5 Å². The van der Waals surface area contributed by atoms with E-state index in [1.807, 2.05) is 0 Å². The van der Waals surface area contributed by atoms with Crippen LogP contribution in [-0.2, 0) is 17.9 Å². The molecule has 0 bridgehead atoms. The number of ether oxygens (including phenoxy) is 2. The first-order chi connectivity index (χ1) is 15.0. The van der Waals surface area contributed by atoms with Gasteiger partial charge in [-0.25, -0.2) is 4.79 Å². The van der Waals surface area contributed by atoms with Crippen molar-refractivity contribution in [3.63, 3.8) is 0 Å². The number of hydrogen-bond acceptors (Lipinski definition) is 5. The molecule has 1 saturated carbocycles. The van der Waals surface area contributed by atoms with Crippen molar-refractivity contribution in [3.8, 4) is 11.5 Å². The second kappa shape index (κ2) is 10.5. The molecule has 0 saturated heterocycles. The van der Waals surface area contributed by atoms with E-state index >= 15 is 0 Å². The number of aromatic nitrogens is 2. The van der Waals surface area contributed by atoms with Crippen LogP contribution in [0.15, 0.2) is 21.7 Å². The molecule has 2 aromatic rings. The van der Waals surface area contributed by atoms with E-state index in [0.29, 0.717) is 28.9 Å². The van der Waals surface area contributed by atoms with Gasteiger partial charge in [0.2, 0.25) is 5.91 Å². The van der Waals surface area contributed by atoms with E-state index in [0.717, 1.165) is 49.5 Å². The smallest absolute Gasteiger partial charge is 0.331 e. The molecule has 1 aliphatic rings. The van der Waals surface area contributed by atoms with Gasteiger partial charge in [0.05, 0.1) is 25.1 Å². The molecule has 31 heavy (non-hydrogen) atoms. The van der Waals surface area contributed by atoms with Gasteiger partial charge in [-0.05, 0) is 25.3 Å². The molecular formula is C23H33N3O5. The molecule has 0 unspecified atom stereocenters. The molecule has 1 aliphatic carbocycles. The summed E-state index contributed by atoms with van der Waals surface area (Å²) in [5, 5.41) is 3.32. The highest BCUT2D eigenvalue weighted by Crippen LogP contribution is 2.30. The molecule has 3 rings (SSSR count). The normalized spacial score (nSPS) is 14.5. The number of nitrogens with one attached hydrogen (secondary N) is 1. The second-order valence-electron chi connectivity index (χ2n) is 8.16. The van der Waals surface area contributed by atoms with Crippen LogP contribution in [0.3, 0.4) is 0 Å². The summed E-state index contributed by atoms with van der Waals surface area (Å²) in [6, 6.07) is 3.37. The summed E-state index contributed by atoms with van der Waals surface area (Å²) in [5.41, 5.74) is -0.473. The van der Waals surface area contributed by atoms with Crippen molar-refractivity contribution < 1.29 is 14.3 Å². The van der Waals surface area contributed by atoms with Gasteiger partial charge in [-0.1, -0.05) is 39.0 Å². The van der Waals surface area contributed by atoms with Gasteiger partial charge in [-0.2, -0.15) is 0 Å². The molecule has 1 aromatic heterocycles. The molecule has 0 aliphatic heterocycles. The van der Waals surface area contributed by atoms with E-state index < -0.39 is 11.2 Å². The maximum absolute atomic E-state index is 13.3. The second-order valence-corrected chi connectivity index (χ2v) is 8.16. The average molecular weight is 432 g/mol. The zero-order valence-electron chi connectivity index (χ0n) is 18.7. The SMILES string of the molecule is CCCCCn1c(=O)n(CC(=O)NC2CCCCC2)c(=O)c2cc(OC)c(OC)cc21. The third-order valence-corrected chi connectivity index (χ3v) is 5.99. The van der Waals surface area contributed by atoms with Gasteiger partial charge in [-0.3, -0.25) is 18.7 Å². The number of fused-ring (bicyclic) bond motifs is 1. The quantitative estimate of drug-likeness (QED) is 0.617. The first-order valence-electron chi connectivity index (χ1n) is 11.2. The summed E-state index contributed by atoms with van der Waals surface area (Å²) in [7, 11) is 3.01. The zero-order valence-corrected chi connectivity index (χ0v) is 18.7. The molecule has 1 fully saturated rings. The lowest BCUT2D eigenvalue weighted by Crippen LogP contribution is -2.46. The maximum atomic E-state index is 13.3. The van der Waals surface area contributed by atoms with Crippen molar-refractivity contribution in [2.24, 2.45) is 0 Å². The number of nitrogens with zero attached hydrogens (tertiary/aromatic N) is 2. The lowest BCUT2D eigenvalue weighted by molar-refractivity contribution is -0.122. The fraction of sp³-hybridized carbons (Fsp3) is 0.609. The summed E-state index contributed by atoms with van der Waals surface area (Å²) in [6.45, 7) is 2.26. The number of methoxy groups -OCH3 is 2. The van der Waals surface area contributed by atoms with E-state index in [9.17, 15) is 14.4 Å². The topological polar surface area (TPSA) is 91.6 Å². The van der Waals surface area contributed by atoms with Crippen molar-refractivity contribution in [2.45, 2.75) is 77.4 Å². The van der Waals surface area contributed by atoms with Crippen LogP contribution in [0.1, 0.15) is 58.3 Å². The van der Waals surface area contributed by atoms with Crippen LogP contribution in [0, 0.1) is 0 Å². The Balaban J connectivity index is 2.04. The van der Waals surface area contributed by atoms with E-state index in [1.54, 1.807) is 16.7 Å². The summed E-state index contributed by atoms with van der Waals surface area (Å²) < 4.78 is 13.3. The van der Waals surface area contributed by atoms with Crippen molar-refractivity contribution in [2.75, 3.05) is 14.2 Å². The van der Waals surface area contributed by atoms with Crippen LogP contribution in [0.4, 0.5) is 0 Å². The third kappa shape index (κ3) is 5.11. The molecule has 170 valence electrons. The molecule has 0 atom stereocenters. The van der Waals surface area contributed by atoms with Crippen LogP contribution >= 0.6 is 0 Å². The fourth-order valence-electron chi connectivity index (χ4n) is 4.28. The Morgan fingerprint density at radius 1 is 1.03 bits per heavy atom. The van der Waals surface area contributed by atoms with Crippen molar-refractivity contribution in [1.82, 2.24) is 14.5 Å². The monoisotopic (exact) mass is 431 g/mol. The van der Waals surface area contributed by atoms with Crippen LogP contribution in [0.2, 0.25) is 0 Å². The molecule has 1 aromatic carbocycles. The molecule has 0 radical (unpaired) electrons. The number of carbonyl (C=O) groups is 1. The predicted molar refractivity (Wildman–Crippen MR) is 120 cm³/mol. The Morgan fingerprint density at radius 2 is 1.71 bits per heavy atom. The van der Waals surface area contributed by atoms with Gasteiger partial charge in [0.1, 0.15) is 6.54 Å². The lowest BCUT2D eigenvalue weighted by atomic mass is 9.95. The zero-order chi connectivity index (χ0) is 22.4. The Bertz CT molecular complexity index is 1030. The number of hydrogen-bond donors (Lipinski definition) is 1. The highest BCUT2D eigenvalue weighted by Gasteiger charge is 2.20. The Kier molecular flexibility index (Phi) is 7.76. The average Bonchev–Trinajstić information content (AvgIpc) is 2.78. The lowest BCUT2D eigenvalue weighted by Gasteiger charge is -2.23. The van der Waals surface area contributed by atoms with Gasteiger partial charge in [0.15, 0.2) is 11.5 Å². The summed E-state index contributed by atoms with van der Waals surface area (Å²) in [6.07, 6.45) is 8.01. The summed E-state index contributed by atoms with van der Waals surface area (Å²) >= 11 is 0. The minimum Gasteiger partial charge on any atom is -0.493 e. The molecule has 1 heterocycles. The van der Waals surface area contributed by atoms with Crippen LogP contribution < -0.4 is 26.0 Å². The van der Waals surface area contributed by atoms with Crippen molar-refractivity contribution in [3.05, 3.63) is 33.0 Å². The maximum Gasteiger partial charge on any atom is 0.331 e. The molecule has 8 heteroatoms. The Morgan fingerprint density at radius 3 is 2.35 bits per heavy atom. The minimum atomic E-state index is -0.494. The van der Waals surface area contributed by atoms with E-state index in [2.05, 4.69) is 12.2 Å². The number of benzene rings is 1. The predicted octanol–water partition coefficient (Wildman–Crippen LogP) is 2.82. The number of carbonyl (C=O) groups excluding carboxylic acids is 1. The number of aryl methyl sites for hydroxylation is 1. The minimum absolute atomic E-state index is 0.119. The highest BCUT2D eigenvalue weighted by atomic mass is 16.5. The standard InChI is InChI=1S/C23H33N3O5/c1-4-5-9-12-25-18-14-20(31-3)19(30-2)13-17(18)22(28)26(23(25)29)15-21(27)24-16-10-7-6-8-11-16/h13-14,16H,4-12,15H2,1-3H3,(H,24,27). The molecule has 1 amide bonds. The van der Waals surface area contributed by atoms with E-state index in [1.165, 1.54) is 20.6 Å². The van der Waals surface area contributed by atoms with Crippen molar-refractivity contribution >= 4 is 16.8 Å². The van der Waals surface area contributed by atoms with Gasteiger partial charge < -0.3 is 14.8 Å². The largest absolute Gasteiger partial charge is 0.493 e. The van der Waals surface area contributed by atoms with Crippen LogP contribution in [-0.4, -0.2) is 35.3 Å². The Labute approximate surface area is 182 Å². The van der Waals surface area contributed by atoms with Gasteiger partial charge in [-0.15, -0.1) is 0 Å². The third-order valence-electron chi connectivity index (χ3n) is 5.99. The van der Waals surface area contributed by atoms with Crippen LogP contribution in [0.25, 0.3) is 10.9 Å². The fourth-order valence-corrected chi connectivity index (χ4v) is 4.28. The first kappa shape index (κ1) is 22.9. The first-order valence-corrected chi connectivity index (χ1v) is 11.2. The molecule has 1 N–H and O–H groups in total. The van der Waals surface area contributed by atoms with Crippen molar-refractivity contribution in [1.29, 1.82) is 0 Å². The number of amides is 1. The molecular weight excluding hydrogens is 398 g/mol. The van der Waals surface area contributed by atoms with Gasteiger partial charge >= 0.3 is 5.69 Å². The summed E-state index contributed by atoms with van der Waals surface area (Å²) in [4.78, 5) is 39.1. The van der Waals surface area contributed by atoms with E-state index in [-0.39, 0.29) is 18.5 Å². The number of unbranched alkanes of at least 4 members (excludes halogenated alkanes) is 2. The number of rotatable bonds is 9. The molecule has 0 spiro atoms. The summed E-state index contributed by atoms with van der Waals surface area (Å²) in [5.74, 6) is 0.556. The Hall–Kier alpha value is -2.77. The molecule has 8 nitrogen and oxygen atoms in total. The highest BCUT2D eigenvalue weighted by molar-refractivity contribution is 5.83.